The third-order valence-electron chi connectivity index (χ3n) is 3.92. The van der Waals surface area contributed by atoms with E-state index in [2.05, 4.69) is 10.6 Å². The molecule has 1 aromatic carbocycles. The van der Waals surface area contributed by atoms with Crippen LogP contribution in [0, 0.1) is 6.92 Å². The van der Waals surface area contributed by atoms with E-state index in [1.54, 1.807) is 13.2 Å². The molecule has 6 nitrogen and oxygen atoms in total. The van der Waals surface area contributed by atoms with Gasteiger partial charge in [0.05, 0.1) is 24.4 Å². The molecule has 0 aliphatic carbocycles. The van der Waals surface area contributed by atoms with E-state index >= 15 is 0 Å². The lowest BCUT2D eigenvalue weighted by Crippen LogP contribution is -2.32. The lowest BCUT2D eigenvalue weighted by atomic mass is 10.0. The summed E-state index contributed by atoms with van der Waals surface area (Å²) in [7, 11) is 1.62. The zero-order chi connectivity index (χ0) is 16.7. The number of benzene rings is 1. The molecule has 24 heavy (non-hydrogen) atoms. The molecule has 1 aromatic rings. The monoisotopic (exact) mass is 355 g/mol. The summed E-state index contributed by atoms with van der Waals surface area (Å²) in [6, 6.07) is 5.53. The Kier molecular flexibility index (Phi) is 8.74. The number of likely N-dealkylation sites (tertiary alicyclic amines) is 1. The van der Waals surface area contributed by atoms with Gasteiger partial charge in [0.25, 0.3) is 5.91 Å². The predicted octanol–water partition coefficient (Wildman–Crippen LogP) is 1.83. The second-order valence-corrected chi connectivity index (χ2v) is 5.71. The molecule has 1 heterocycles. The van der Waals surface area contributed by atoms with Gasteiger partial charge in [0.1, 0.15) is 0 Å². The first-order valence-electron chi connectivity index (χ1n) is 8.02. The lowest BCUT2D eigenvalue weighted by molar-refractivity contribution is -0.115. The highest BCUT2D eigenvalue weighted by molar-refractivity contribution is 6.05. The second kappa shape index (κ2) is 10.3. The van der Waals surface area contributed by atoms with E-state index in [0.29, 0.717) is 24.4 Å². The Morgan fingerprint density at radius 1 is 1.25 bits per heavy atom. The summed E-state index contributed by atoms with van der Waals surface area (Å²) in [4.78, 5) is 26.6. The highest BCUT2D eigenvalue weighted by Crippen LogP contribution is 2.23. The van der Waals surface area contributed by atoms with Crippen LogP contribution >= 0.6 is 12.4 Å². The maximum atomic E-state index is 12.7. The number of aryl methyl sites for hydroxylation is 1. The summed E-state index contributed by atoms with van der Waals surface area (Å²) < 4.78 is 4.92. The predicted molar refractivity (Wildman–Crippen MR) is 96.9 cm³/mol. The Balaban J connectivity index is 0.00000288. The van der Waals surface area contributed by atoms with Gasteiger partial charge in [-0.05, 0) is 31.4 Å². The summed E-state index contributed by atoms with van der Waals surface area (Å²) >= 11 is 0. The van der Waals surface area contributed by atoms with Crippen molar-refractivity contribution < 1.29 is 14.3 Å². The molecular formula is C17H26ClN3O3. The highest BCUT2D eigenvalue weighted by Gasteiger charge is 2.23. The van der Waals surface area contributed by atoms with Crippen LogP contribution in [0.5, 0.6) is 0 Å². The van der Waals surface area contributed by atoms with Gasteiger partial charge in [0.15, 0.2) is 0 Å². The Hall–Kier alpha value is -1.63. The van der Waals surface area contributed by atoms with E-state index in [9.17, 15) is 9.59 Å². The van der Waals surface area contributed by atoms with Crippen LogP contribution in [0.15, 0.2) is 18.2 Å². The number of hydrogen-bond acceptors (Lipinski definition) is 4. The van der Waals surface area contributed by atoms with Gasteiger partial charge in [-0.1, -0.05) is 12.1 Å². The Morgan fingerprint density at radius 3 is 2.62 bits per heavy atom. The fourth-order valence-corrected chi connectivity index (χ4v) is 2.70. The average molecular weight is 356 g/mol. The minimum Gasteiger partial charge on any atom is -0.383 e. The average Bonchev–Trinajstić information content (AvgIpc) is 3.06. The number of ether oxygens (including phenoxy) is 1. The molecule has 1 aliphatic rings. The summed E-state index contributed by atoms with van der Waals surface area (Å²) in [6.45, 7) is 4.83. The van der Waals surface area contributed by atoms with Crippen molar-refractivity contribution in [1.82, 2.24) is 10.2 Å². The molecular weight excluding hydrogens is 330 g/mol. The van der Waals surface area contributed by atoms with E-state index < -0.39 is 0 Å². The van der Waals surface area contributed by atoms with Crippen LogP contribution in [0.1, 0.15) is 28.8 Å². The molecule has 0 aromatic heterocycles. The highest BCUT2D eigenvalue weighted by atomic mass is 35.5. The largest absolute Gasteiger partial charge is 0.383 e. The van der Waals surface area contributed by atoms with E-state index in [0.717, 1.165) is 31.5 Å². The van der Waals surface area contributed by atoms with Gasteiger partial charge in [-0.15, -0.1) is 12.4 Å². The number of halogens is 1. The molecule has 0 saturated carbocycles. The molecule has 0 spiro atoms. The maximum absolute atomic E-state index is 12.7. The van der Waals surface area contributed by atoms with Crippen LogP contribution in [0.3, 0.4) is 0 Å². The number of carbonyl (C=O) groups is 2. The summed E-state index contributed by atoms with van der Waals surface area (Å²) in [5, 5.41) is 5.84. The standard InChI is InChI=1S/C17H25N3O3.ClH/c1-13-6-5-7-14(19-15(21)12-18-8-11-23-2)16(13)17(22)20-9-3-4-10-20;/h5-7,18H,3-4,8-12H2,1-2H3,(H,19,21);1H. The molecule has 1 fully saturated rings. The Bertz CT molecular complexity index is 560. The number of hydrogen-bond donors (Lipinski definition) is 2. The van der Waals surface area contributed by atoms with E-state index in [-0.39, 0.29) is 30.8 Å². The molecule has 134 valence electrons. The van der Waals surface area contributed by atoms with Crippen LogP contribution in [-0.2, 0) is 9.53 Å². The van der Waals surface area contributed by atoms with Crippen molar-refractivity contribution in [2.75, 3.05) is 45.2 Å². The summed E-state index contributed by atoms with van der Waals surface area (Å²) in [5.41, 5.74) is 2.06. The number of anilines is 1. The molecule has 0 unspecified atom stereocenters. The van der Waals surface area contributed by atoms with Gasteiger partial charge < -0.3 is 20.3 Å². The molecule has 2 N–H and O–H groups in total. The molecule has 2 amide bonds. The molecule has 1 aliphatic heterocycles. The number of carbonyl (C=O) groups excluding carboxylic acids is 2. The zero-order valence-corrected chi connectivity index (χ0v) is 15.1. The van der Waals surface area contributed by atoms with Crippen molar-refractivity contribution in [2.45, 2.75) is 19.8 Å². The molecule has 7 heteroatoms. The molecule has 0 bridgehead atoms. The van der Waals surface area contributed by atoms with Crippen LogP contribution in [0.2, 0.25) is 0 Å². The smallest absolute Gasteiger partial charge is 0.256 e. The normalized spacial score (nSPS) is 13.5. The Morgan fingerprint density at radius 2 is 1.96 bits per heavy atom. The molecule has 2 rings (SSSR count). The SMILES string of the molecule is COCCNCC(=O)Nc1cccc(C)c1C(=O)N1CCCC1.Cl. The van der Waals surface area contributed by atoms with Crippen LogP contribution < -0.4 is 10.6 Å². The minimum absolute atomic E-state index is 0. The van der Waals surface area contributed by atoms with E-state index in [1.807, 2.05) is 24.0 Å². The van der Waals surface area contributed by atoms with Crippen molar-refractivity contribution in [2.24, 2.45) is 0 Å². The zero-order valence-electron chi connectivity index (χ0n) is 14.3. The van der Waals surface area contributed by atoms with Crippen molar-refractivity contribution in [3.05, 3.63) is 29.3 Å². The molecule has 1 saturated heterocycles. The van der Waals surface area contributed by atoms with Crippen LogP contribution in [-0.4, -0.2) is 56.6 Å². The van der Waals surface area contributed by atoms with Gasteiger partial charge in [-0.25, -0.2) is 0 Å². The number of nitrogens with zero attached hydrogens (tertiary/aromatic N) is 1. The first-order valence-corrected chi connectivity index (χ1v) is 8.02. The van der Waals surface area contributed by atoms with E-state index in [4.69, 9.17) is 4.74 Å². The number of nitrogens with one attached hydrogen (secondary N) is 2. The molecule has 0 atom stereocenters. The minimum atomic E-state index is -0.165. The summed E-state index contributed by atoms with van der Waals surface area (Å²) in [6.07, 6.45) is 2.09. The number of amides is 2. The topological polar surface area (TPSA) is 70.7 Å². The fourth-order valence-electron chi connectivity index (χ4n) is 2.70. The maximum Gasteiger partial charge on any atom is 0.256 e. The number of rotatable bonds is 7. The van der Waals surface area contributed by atoms with Crippen LogP contribution in [0.25, 0.3) is 0 Å². The number of methoxy groups -OCH3 is 1. The second-order valence-electron chi connectivity index (χ2n) is 5.71. The van der Waals surface area contributed by atoms with Crippen molar-refractivity contribution in [3.63, 3.8) is 0 Å². The van der Waals surface area contributed by atoms with Gasteiger partial charge >= 0.3 is 0 Å². The fraction of sp³-hybridized carbons (Fsp3) is 0.529. The van der Waals surface area contributed by atoms with Gasteiger partial charge in [-0.3, -0.25) is 9.59 Å². The van der Waals surface area contributed by atoms with Crippen LogP contribution in [0.4, 0.5) is 5.69 Å². The van der Waals surface area contributed by atoms with Crippen molar-refractivity contribution in [3.8, 4) is 0 Å². The van der Waals surface area contributed by atoms with E-state index in [1.165, 1.54) is 0 Å². The summed E-state index contributed by atoms with van der Waals surface area (Å²) in [5.74, 6) is -0.162. The van der Waals surface area contributed by atoms with Gasteiger partial charge in [0, 0.05) is 26.7 Å². The third kappa shape index (κ3) is 5.47. The first-order chi connectivity index (χ1) is 11.1. The lowest BCUT2D eigenvalue weighted by Gasteiger charge is -2.19. The first kappa shape index (κ1) is 20.4. The quantitative estimate of drug-likeness (QED) is 0.732. The molecule has 0 radical (unpaired) electrons. The van der Waals surface area contributed by atoms with Gasteiger partial charge in [-0.2, -0.15) is 0 Å². The van der Waals surface area contributed by atoms with Crippen molar-refractivity contribution >= 4 is 29.9 Å². The van der Waals surface area contributed by atoms with Crippen molar-refractivity contribution in [1.29, 1.82) is 0 Å². The van der Waals surface area contributed by atoms with Gasteiger partial charge in [0.2, 0.25) is 5.91 Å². The Labute approximate surface area is 149 Å². The third-order valence-corrected chi connectivity index (χ3v) is 3.92.